The smallest absolute Gasteiger partial charge is 0.252 e. The molecule has 2 aromatic rings. The number of nitrogens with one attached hydrogen (secondary N) is 2. The number of hydrogen-bond acceptors (Lipinski definition) is 6. The molecule has 3 heterocycles. The van der Waals surface area contributed by atoms with Gasteiger partial charge in [-0.15, -0.1) is 0 Å². The number of rotatable bonds is 6. The summed E-state index contributed by atoms with van der Waals surface area (Å²) in [4.78, 5) is 28.9. The van der Waals surface area contributed by atoms with E-state index in [4.69, 9.17) is 25.8 Å². The predicted molar refractivity (Wildman–Crippen MR) is 113 cm³/mol. The van der Waals surface area contributed by atoms with Crippen LogP contribution in [-0.2, 0) is 14.2 Å². The van der Waals surface area contributed by atoms with Crippen LogP contribution in [-0.4, -0.2) is 60.1 Å². The van der Waals surface area contributed by atoms with E-state index in [2.05, 4.69) is 15.6 Å². The lowest BCUT2D eigenvalue weighted by molar-refractivity contribution is -0.188. The van der Waals surface area contributed by atoms with Crippen molar-refractivity contribution in [2.24, 2.45) is 0 Å². The molecule has 0 aliphatic carbocycles. The Balaban J connectivity index is 1.42. The molecule has 0 radical (unpaired) electrons. The second kappa shape index (κ2) is 8.55. The highest BCUT2D eigenvalue weighted by molar-refractivity contribution is 6.33. The molecule has 2 N–H and O–H groups in total. The third-order valence-electron chi connectivity index (χ3n) is 5.33. The molecule has 2 aliphatic rings. The summed E-state index contributed by atoms with van der Waals surface area (Å²) in [6, 6.07) is 10.1. The number of hydrogen-bond donors (Lipinski definition) is 2. The predicted octanol–water partition coefficient (Wildman–Crippen LogP) is 2.18. The van der Waals surface area contributed by atoms with Crippen molar-refractivity contribution in [2.75, 3.05) is 19.7 Å². The van der Waals surface area contributed by atoms with Crippen molar-refractivity contribution in [1.82, 2.24) is 15.6 Å². The fourth-order valence-electron chi connectivity index (χ4n) is 3.97. The summed E-state index contributed by atoms with van der Waals surface area (Å²) in [6.45, 7) is 4.28. The molecule has 9 heteroatoms. The summed E-state index contributed by atoms with van der Waals surface area (Å²) in [5.74, 6) is -1.38. The van der Waals surface area contributed by atoms with Crippen LogP contribution in [0, 0.1) is 0 Å². The van der Waals surface area contributed by atoms with Crippen LogP contribution in [0.15, 0.2) is 48.8 Å². The SMILES string of the molecule is CC1(C)O[C@@H]2[C@@H](CNC(=O)c3ccccc3Cl)OC[C@]2(CNC(=O)c2ccncc2)O1. The molecule has 0 saturated carbocycles. The van der Waals surface area contributed by atoms with Gasteiger partial charge in [-0.1, -0.05) is 23.7 Å². The van der Waals surface area contributed by atoms with Crippen LogP contribution in [0.3, 0.4) is 0 Å². The Kier molecular flexibility index (Phi) is 5.98. The second-order valence-corrected chi connectivity index (χ2v) is 8.47. The zero-order valence-electron chi connectivity index (χ0n) is 17.3. The van der Waals surface area contributed by atoms with Gasteiger partial charge in [0.2, 0.25) is 0 Å². The minimum absolute atomic E-state index is 0.206. The maximum atomic E-state index is 12.5. The van der Waals surface area contributed by atoms with E-state index in [9.17, 15) is 9.59 Å². The van der Waals surface area contributed by atoms with Crippen LogP contribution in [0.1, 0.15) is 34.6 Å². The summed E-state index contributed by atoms with van der Waals surface area (Å²) in [5, 5.41) is 6.13. The lowest BCUT2D eigenvalue weighted by Gasteiger charge is -2.27. The number of carbonyl (C=O) groups excluding carboxylic acids is 2. The molecule has 1 aromatic carbocycles. The van der Waals surface area contributed by atoms with Crippen LogP contribution < -0.4 is 10.6 Å². The highest BCUT2D eigenvalue weighted by atomic mass is 35.5. The van der Waals surface area contributed by atoms with Crippen molar-refractivity contribution in [1.29, 1.82) is 0 Å². The van der Waals surface area contributed by atoms with E-state index < -0.39 is 23.6 Å². The molecule has 164 valence electrons. The molecule has 0 bridgehead atoms. The van der Waals surface area contributed by atoms with Crippen LogP contribution in [0.4, 0.5) is 0 Å². The first-order valence-electron chi connectivity index (χ1n) is 10.0. The Morgan fingerprint density at radius 2 is 1.87 bits per heavy atom. The van der Waals surface area contributed by atoms with Gasteiger partial charge in [-0.05, 0) is 38.1 Å². The molecule has 2 saturated heterocycles. The molecular formula is C22H24ClN3O5. The fraction of sp³-hybridized carbons (Fsp3) is 0.409. The van der Waals surface area contributed by atoms with Gasteiger partial charge in [0.15, 0.2) is 5.79 Å². The molecule has 2 fully saturated rings. The molecule has 2 aliphatic heterocycles. The molecular weight excluding hydrogens is 422 g/mol. The average Bonchev–Trinajstić information content (AvgIpc) is 3.21. The van der Waals surface area contributed by atoms with E-state index in [1.54, 1.807) is 48.8 Å². The average molecular weight is 446 g/mol. The number of nitrogens with zero attached hydrogens (tertiary/aromatic N) is 1. The number of pyridine rings is 1. The number of amides is 2. The zero-order chi connectivity index (χ0) is 22.1. The van der Waals surface area contributed by atoms with Gasteiger partial charge in [0, 0.05) is 24.5 Å². The fourth-order valence-corrected chi connectivity index (χ4v) is 4.19. The van der Waals surface area contributed by atoms with Crippen LogP contribution in [0.2, 0.25) is 5.02 Å². The van der Waals surface area contributed by atoms with E-state index in [1.807, 2.05) is 13.8 Å². The standard InChI is InChI=1S/C22H24ClN3O5/c1-21(2)30-18-17(11-25-20(28)15-5-3-4-6-16(15)23)29-13-22(18,31-21)12-26-19(27)14-7-9-24-10-8-14/h3-10,17-18H,11-13H2,1-2H3,(H,25,28)(H,26,27)/t17-,18-,22+/m1/s1. The number of fused-ring (bicyclic) bond motifs is 1. The summed E-state index contributed by atoms with van der Waals surface area (Å²) < 4.78 is 18.2. The Morgan fingerprint density at radius 3 is 2.61 bits per heavy atom. The van der Waals surface area contributed by atoms with Crippen molar-refractivity contribution in [3.8, 4) is 0 Å². The Hall–Kier alpha value is -2.52. The number of carbonyl (C=O) groups is 2. The molecule has 3 atom stereocenters. The van der Waals surface area contributed by atoms with Crippen LogP contribution in [0.5, 0.6) is 0 Å². The summed E-state index contributed by atoms with van der Waals surface area (Å²) in [5.41, 5.74) is 0.0389. The van der Waals surface area contributed by atoms with Crippen molar-refractivity contribution in [2.45, 2.75) is 37.4 Å². The summed E-state index contributed by atoms with van der Waals surface area (Å²) in [6.07, 6.45) is 2.22. The van der Waals surface area contributed by atoms with Gasteiger partial charge in [0.1, 0.15) is 17.8 Å². The number of aromatic nitrogens is 1. The summed E-state index contributed by atoms with van der Waals surface area (Å²) in [7, 11) is 0. The minimum Gasteiger partial charge on any atom is -0.370 e. The summed E-state index contributed by atoms with van der Waals surface area (Å²) >= 11 is 6.10. The Bertz CT molecular complexity index is 971. The van der Waals surface area contributed by atoms with E-state index in [0.29, 0.717) is 16.1 Å². The van der Waals surface area contributed by atoms with Gasteiger partial charge in [-0.3, -0.25) is 14.6 Å². The van der Waals surface area contributed by atoms with Gasteiger partial charge in [-0.2, -0.15) is 0 Å². The van der Waals surface area contributed by atoms with Gasteiger partial charge in [0.05, 0.1) is 23.7 Å². The zero-order valence-corrected chi connectivity index (χ0v) is 18.0. The first kappa shape index (κ1) is 21.7. The minimum atomic E-state index is -0.855. The van der Waals surface area contributed by atoms with Crippen molar-refractivity contribution in [3.63, 3.8) is 0 Å². The van der Waals surface area contributed by atoms with E-state index in [0.717, 1.165) is 0 Å². The molecule has 4 rings (SSSR count). The number of halogens is 1. The number of benzene rings is 1. The van der Waals surface area contributed by atoms with E-state index >= 15 is 0 Å². The molecule has 31 heavy (non-hydrogen) atoms. The first-order chi connectivity index (χ1) is 14.8. The molecule has 8 nitrogen and oxygen atoms in total. The van der Waals surface area contributed by atoms with Crippen molar-refractivity contribution < 1.29 is 23.8 Å². The van der Waals surface area contributed by atoms with Crippen molar-refractivity contribution >= 4 is 23.4 Å². The van der Waals surface area contributed by atoms with Gasteiger partial charge < -0.3 is 24.8 Å². The number of ether oxygens (including phenoxy) is 3. The lowest BCUT2D eigenvalue weighted by Crippen LogP contribution is -2.52. The maximum absolute atomic E-state index is 12.5. The third-order valence-corrected chi connectivity index (χ3v) is 5.66. The highest BCUT2D eigenvalue weighted by Gasteiger charge is 2.61. The molecule has 1 aromatic heterocycles. The van der Waals surface area contributed by atoms with Gasteiger partial charge >= 0.3 is 0 Å². The van der Waals surface area contributed by atoms with Crippen molar-refractivity contribution in [3.05, 3.63) is 64.9 Å². The maximum Gasteiger partial charge on any atom is 0.252 e. The lowest BCUT2D eigenvalue weighted by atomic mass is 9.96. The Morgan fingerprint density at radius 1 is 1.13 bits per heavy atom. The van der Waals surface area contributed by atoms with Gasteiger partial charge in [0.25, 0.3) is 11.8 Å². The quantitative estimate of drug-likeness (QED) is 0.707. The van der Waals surface area contributed by atoms with Crippen LogP contribution >= 0.6 is 11.6 Å². The second-order valence-electron chi connectivity index (χ2n) is 8.06. The molecule has 2 amide bonds. The normalized spacial score (nSPS) is 26.3. The van der Waals surface area contributed by atoms with E-state index in [-0.39, 0.29) is 31.5 Å². The molecule has 0 spiro atoms. The van der Waals surface area contributed by atoms with Gasteiger partial charge in [-0.25, -0.2) is 0 Å². The first-order valence-corrected chi connectivity index (χ1v) is 10.4. The largest absolute Gasteiger partial charge is 0.370 e. The molecule has 0 unspecified atom stereocenters. The third kappa shape index (κ3) is 4.57. The Labute approximate surface area is 185 Å². The monoisotopic (exact) mass is 445 g/mol. The van der Waals surface area contributed by atoms with Crippen LogP contribution in [0.25, 0.3) is 0 Å². The highest BCUT2D eigenvalue weighted by Crippen LogP contribution is 2.43. The van der Waals surface area contributed by atoms with E-state index in [1.165, 1.54) is 0 Å². The topological polar surface area (TPSA) is 98.8 Å².